The summed E-state index contributed by atoms with van der Waals surface area (Å²) in [5.74, 6) is -0.0293. The largest absolute Gasteiger partial charge is 0.444 e. The van der Waals surface area contributed by atoms with Gasteiger partial charge < -0.3 is 15.4 Å². The van der Waals surface area contributed by atoms with Gasteiger partial charge in [0.1, 0.15) is 11.4 Å². The van der Waals surface area contributed by atoms with Crippen LogP contribution in [0.2, 0.25) is 5.02 Å². The number of anilines is 1. The normalized spacial score (nSPS) is 15.7. The molecule has 152 valence electrons. The van der Waals surface area contributed by atoms with E-state index >= 15 is 0 Å². The first-order chi connectivity index (χ1) is 13.1. The molecule has 1 fully saturated rings. The lowest BCUT2D eigenvalue weighted by Gasteiger charge is -2.33. The molecule has 0 unspecified atom stereocenters. The molecule has 1 aromatic heterocycles. The minimum Gasteiger partial charge on any atom is -0.444 e. The standard InChI is InChI=1S/C20H26ClFN4O2/c1-20(2,3)28-19(27)25-6-4-13(5-7-25)11-26-12-14(10-24-26)15-8-16(21)18(23)9-17(15)22/h8-10,12-13H,4-7,11,23H2,1-3H3. The Kier molecular flexibility index (Phi) is 5.84. The number of nitrogens with zero attached hydrogens (tertiary/aromatic N) is 3. The molecule has 1 aliphatic heterocycles. The fraction of sp³-hybridized carbons (Fsp3) is 0.500. The molecule has 0 saturated carbocycles. The van der Waals surface area contributed by atoms with Gasteiger partial charge >= 0.3 is 6.09 Å². The molecule has 1 amide bonds. The monoisotopic (exact) mass is 408 g/mol. The second kappa shape index (κ2) is 7.99. The van der Waals surface area contributed by atoms with Crippen molar-refractivity contribution >= 4 is 23.4 Å². The number of rotatable bonds is 3. The van der Waals surface area contributed by atoms with E-state index in [0.717, 1.165) is 12.8 Å². The Labute approximate surface area is 169 Å². The number of nitrogen functional groups attached to an aromatic ring is 1. The van der Waals surface area contributed by atoms with Gasteiger partial charge in [-0.25, -0.2) is 9.18 Å². The highest BCUT2D eigenvalue weighted by atomic mass is 35.5. The molecule has 1 aromatic carbocycles. The third kappa shape index (κ3) is 4.95. The van der Waals surface area contributed by atoms with E-state index < -0.39 is 11.4 Å². The molecule has 1 aliphatic rings. The summed E-state index contributed by atoms with van der Waals surface area (Å²) < 4.78 is 21.4. The molecular formula is C20H26ClFN4O2. The second-order valence-corrected chi connectivity index (χ2v) is 8.62. The molecule has 28 heavy (non-hydrogen) atoms. The first-order valence-electron chi connectivity index (χ1n) is 9.37. The Hall–Kier alpha value is -2.28. The molecule has 3 rings (SSSR count). The molecule has 2 aromatic rings. The fourth-order valence-corrected chi connectivity index (χ4v) is 3.44. The molecule has 0 radical (unpaired) electrons. The smallest absolute Gasteiger partial charge is 0.410 e. The quantitative estimate of drug-likeness (QED) is 0.755. The Morgan fingerprint density at radius 1 is 1.36 bits per heavy atom. The van der Waals surface area contributed by atoms with Crippen molar-refractivity contribution in [2.45, 2.75) is 45.8 Å². The third-order valence-electron chi connectivity index (χ3n) is 4.74. The van der Waals surface area contributed by atoms with Gasteiger partial charge in [0.15, 0.2) is 0 Å². The molecule has 0 aliphatic carbocycles. The molecule has 2 heterocycles. The number of aromatic nitrogens is 2. The van der Waals surface area contributed by atoms with Gasteiger partial charge in [0, 0.05) is 37.0 Å². The molecule has 0 atom stereocenters. The molecular weight excluding hydrogens is 383 g/mol. The summed E-state index contributed by atoms with van der Waals surface area (Å²) in [6.07, 6.45) is 4.92. The van der Waals surface area contributed by atoms with E-state index in [9.17, 15) is 9.18 Å². The number of nitrogens with two attached hydrogens (primary N) is 1. The number of carbonyl (C=O) groups is 1. The third-order valence-corrected chi connectivity index (χ3v) is 5.07. The minimum atomic E-state index is -0.486. The van der Waals surface area contributed by atoms with E-state index in [1.165, 1.54) is 12.1 Å². The summed E-state index contributed by atoms with van der Waals surface area (Å²) in [4.78, 5) is 13.9. The van der Waals surface area contributed by atoms with Gasteiger partial charge in [-0.15, -0.1) is 0 Å². The van der Waals surface area contributed by atoms with Crippen molar-refractivity contribution in [1.82, 2.24) is 14.7 Å². The van der Waals surface area contributed by atoms with Crippen molar-refractivity contribution < 1.29 is 13.9 Å². The highest BCUT2D eigenvalue weighted by Gasteiger charge is 2.27. The number of likely N-dealkylation sites (tertiary alicyclic amines) is 1. The maximum Gasteiger partial charge on any atom is 0.410 e. The van der Waals surface area contributed by atoms with E-state index in [2.05, 4.69) is 5.10 Å². The summed E-state index contributed by atoms with van der Waals surface area (Å²) in [6, 6.07) is 2.74. The van der Waals surface area contributed by atoms with E-state index in [4.69, 9.17) is 22.1 Å². The van der Waals surface area contributed by atoms with E-state index in [0.29, 0.717) is 41.7 Å². The predicted octanol–water partition coefficient (Wildman–Crippen LogP) is 4.57. The Bertz CT molecular complexity index is 854. The van der Waals surface area contributed by atoms with Crippen LogP contribution in [0, 0.1) is 11.7 Å². The van der Waals surface area contributed by atoms with Crippen molar-refractivity contribution in [2.75, 3.05) is 18.8 Å². The number of benzene rings is 1. The summed E-state index contributed by atoms with van der Waals surface area (Å²) in [6.45, 7) is 7.64. The molecule has 8 heteroatoms. The van der Waals surface area contributed by atoms with Crippen molar-refractivity contribution in [2.24, 2.45) is 5.92 Å². The van der Waals surface area contributed by atoms with Crippen molar-refractivity contribution in [3.8, 4) is 11.1 Å². The van der Waals surface area contributed by atoms with E-state index in [1.54, 1.807) is 11.1 Å². The van der Waals surface area contributed by atoms with Crippen LogP contribution in [0.4, 0.5) is 14.9 Å². The average molecular weight is 409 g/mol. The fourth-order valence-electron chi connectivity index (χ4n) is 3.28. The predicted molar refractivity (Wildman–Crippen MR) is 108 cm³/mol. The van der Waals surface area contributed by atoms with E-state index in [-0.39, 0.29) is 11.8 Å². The highest BCUT2D eigenvalue weighted by molar-refractivity contribution is 6.33. The molecule has 6 nitrogen and oxygen atoms in total. The van der Waals surface area contributed by atoms with Crippen LogP contribution in [0.25, 0.3) is 11.1 Å². The number of carbonyl (C=O) groups excluding carboxylic acids is 1. The van der Waals surface area contributed by atoms with Crippen LogP contribution in [0.1, 0.15) is 33.6 Å². The number of halogens is 2. The van der Waals surface area contributed by atoms with Crippen LogP contribution in [0.5, 0.6) is 0 Å². The minimum absolute atomic E-state index is 0.215. The van der Waals surface area contributed by atoms with Gasteiger partial charge in [-0.3, -0.25) is 4.68 Å². The van der Waals surface area contributed by atoms with Crippen molar-refractivity contribution in [3.63, 3.8) is 0 Å². The lowest BCUT2D eigenvalue weighted by Crippen LogP contribution is -2.42. The zero-order chi connectivity index (χ0) is 20.5. The number of hydrogen-bond acceptors (Lipinski definition) is 4. The van der Waals surface area contributed by atoms with Crippen LogP contribution < -0.4 is 5.73 Å². The van der Waals surface area contributed by atoms with Gasteiger partial charge in [-0.1, -0.05) is 11.6 Å². The first kappa shape index (κ1) is 20.5. The molecule has 2 N–H and O–H groups in total. The zero-order valence-electron chi connectivity index (χ0n) is 16.4. The lowest BCUT2D eigenvalue weighted by molar-refractivity contribution is 0.0177. The number of piperidine rings is 1. The highest BCUT2D eigenvalue weighted by Crippen LogP contribution is 2.30. The van der Waals surface area contributed by atoms with Gasteiger partial charge in [0.05, 0.1) is 16.9 Å². The van der Waals surface area contributed by atoms with Gasteiger partial charge in [-0.2, -0.15) is 5.10 Å². The SMILES string of the molecule is CC(C)(C)OC(=O)N1CCC(Cn2cc(-c3cc(Cl)c(N)cc3F)cn2)CC1. The number of ether oxygens (including phenoxy) is 1. The van der Waals surface area contributed by atoms with E-state index in [1.807, 2.05) is 31.6 Å². The average Bonchev–Trinajstić information content (AvgIpc) is 3.05. The maximum absolute atomic E-state index is 14.2. The summed E-state index contributed by atoms with van der Waals surface area (Å²) in [7, 11) is 0. The molecule has 0 spiro atoms. The van der Waals surface area contributed by atoms with Crippen LogP contribution in [0.15, 0.2) is 24.5 Å². The Morgan fingerprint density at radius 3 is 2.68 bits per heavy atom. The van der Waals surface area contributed by atoms with Gasteiger partial charge in [-0.05, 0) is 51.7 Å². The van der Waals surface area contributed by atoms with Gasteiger partial charge in [0.2, 0.25) is 0 Å². The topological polar surface area (TPSA) is 73.4 Å². The number of hydrogen-bond donors (Lipinski definition) is 1. The first-order valence-corrected chi connectivity index (χ1v) is 9.75. The zero-order valence-corrected chi connectivity index (χ0v) is 17.2. The number of amides is 1. The van der Waals surface area contributed by atoms with Crippen LogP contribution in [-0.2, 0) is 11.3 Å². The van der Waals surface area contributed by atoms with Crippen molar-refractivity contribution in [3.05, 3.63) is 35.4 Å². The van der Waals surface area contributed by atoms with Crippen molar-refractivity contribution in [1.29, 1.82) is 0 Å². The van der Waals surface area contributed by atoms with Crippen LogP contribution >= 0.6 is 11.6 Å². The van der Waals surface area contributed by atoms with Crippen LogP contribution in [0.3, 0.4) is 0 Å². The second-order valence-electron chi connectivity index (χ2n) is 8.22. The Morgan fingerprint density at radius 2 is 2.04 bits per heavy atom. The summed E-state index contributed by atoms with van der Waals surface area (Å²) >= 11 is 6.02. The molecule has 0 bridgehead atoms. The maximum atomic E-state index is 14.2. The summed E-state index contributed by atoms with van der Waals surface area (Å²) in [5, 5.41) is 4.67. The van der Waals surface area contributed by atoms with Crippen LogP contribution in [-0.4, -0.2) is 39.5 Å². The lowest BCUT2D eigenvalue weighted by atomic mass is 9.97. The van der Waals surface area contributed by atoms with Gasteiger partial charge in [0.25, 0.3) is 0 Å². The molecule has 1 saturated heterocycles. The summed E-state index contributed by atoms with van der Waals surface area (Å²) in [5.41, 5.74) is 6.40. The Balaban J connectivity index is 1.58.